The van der Waals surface area contributed by atoms with Gasteiger partial charge in [0.2, 0.25) is 10.0 Å². The summed E-state index contributed by atoms with van der Waals surface area (Å²) < 4.78 is 144. The van der Waals surface area contributed by atoms with Gasteiger partial charge in [-0.1, -0.05) is 12.1 Å². The number of nitrogens with zero attached hydrogens (tertiary/aromatic N) is 2. The van der Waals surface area contributed by atoms with Crippen LogP contribution in [0.25, 0.3) is 0 Å². The number of carbonyl (C=O) groups excluding carboxylic acids is 1. The molecule has 5 nitrogen and oxygen atoms in total. The van der Waals surface area contributed by atoms with E-state index in [0.29, 0.717) is 10.4 Å². The fourth-order valence-corrected chi connectivity index (χ4v) is 4.94. The normalized spacial score (nSPS) is 16.4. The molecule has 1 heterocycles. The second-order valence-corrected chi connectivity index (χ2v) is 9.42. The lowest BCUT2D eigenvalue weighted by Crippen LogP contribution is -2.50. The third-order valence-corrected chi connectivity index (χ3v) is 7.06. The molecule has 0 spiro atoms. The number of rotatable bonds is 3. The van der Waals surface area contributed by atoms with Gasteiger partial charge in [-0.25, -0.2) is 8.42 Å². The van der Waals surface area contributed by atoms with E-state index in [9.17, 15) is 52.7 Å². The van der Waals surface area contributed by atoms with Gasteiger partial charge in [0.05, 0.1) is 27.1 Å². The van der Waals surface area contributed by atoms with Crippen molar-refractivity contribution in [3.8, 4) is 0 Å². The second-order valence-electron chi connectivity index (χ2n) is 7.48. The highest BCUT2D eigenvalue weighted by Gasteiger charge is 2.40. The summed E-state index contributed by atoms with van der Waals surface area (Å²) in [7, 11) is -4.86. The van der Waals surface area contributed by atoms with Crippen molar-refractivity contribution in [3.63, 3.8) is 0 Å². The monoisotopic (exact) mass is 534 g/mol. The van der Waals surface area contributed by atoms with E-state index < -0.39 is 87.8 Å². The number of benzene rings is 2. The first kappa shape index (κ1) is 26.8. The van der Waals surface area contributed by atoms with E-state index in [0.717, 1.165) is 17.0 Å². The van der Waals surface area contributed by atoms with Gasteiger partial charge in [-0.2, -0.15) is 43.8 Å². The Morgan fingerprint density at radius 2 is 1.20 bits per heavy atom. The minimum absolute atomic E-state index is 0.0711. The van der Waals surface area contributed by atoms with Crippen LogP contribution in [0.4, 0.5) is 39.5 Å². The van der Waals surface area contributed by atoms with E-state index in [1.54, 1.807) is 0 Å². The smallest absolute Gasteiger partial charge is 0.336 e. The lowest BCUT2D eigenvalue weighted by Gasteiger charge is -2.34. The quantitative estimate of drug-likeness (QED) is 0.528. The van der Waals surface area contributed by atoms with Crippen LogP contribution in [-0.2, 0) is 28.6 Å². The second kappa shape index (κ2) is 9.00. The van der Waals surface area contributed by atoms with Gasteiger partial charge >= 0.3 is 18.5 Å². The van der Waals surface area contributed by atoms with Gasteiger partial charge in [0.25, 0.3) is 5.91 Å². The average Bonchev–Trinajstić information content (AvgIpc) is 2.76. The number of halogens is 9. The molecular weight excluding hydrogens is 519 g/mol. The number of carbonyl (C=O) groups is 1. The molecule has 0 unspecified atom stereocenters. The van der Waals surface area contributed by atoms with Crippen molar-refractivity contribution in [2.24, 2.45) is 0 Å². The Labute approximate surface area is 192 Å². The zero-order valence-corrected chi connectivity index (χ0v) is 18.1. The molecule has 1 saturated heterocycles. The molecule has 35 heavy (non-hydrogen) atoms. The van der Waals surface area contributed by atoms with Crippen LogP contribution >= 0.6 is 0 Å². The van der Waals surface area contributed by atoms with Crippen molar-refractivity contribution in [3.05, 3.63) is 64.7 Å². The molecule has 1 amide bonds. The topological polar surface area (TPSA) is 57.7 Å². The van der Waals surface area contributed by atoms with Crippen LogP contribution in [0.5, 0.6) is 0 Å². The Morgan fingerprint density at radius 1 is 0.714 bits per heavy atom. The molecule has 1 aliphatic rings. The molecular formula is C20H15F9N2O3S. The SMILES string of the molecule is O=C(c1ccccc1C(F)(F)F)N1CCN(S(=O)(=O)c2cc(C(F)(F)F)cc(C(F)(F)F)c2)CC1. The number of alkyl halides is 9. The van der Waals surface area contributed by atoms with Gasteiger partial charge in [0.15, 0.2) is 0 Å². The highest BCUT2D eigenvalue weighted by Crippen LogP contribution is 2.38. The predicted octanol–water partition coefficient (Wildman–Crippen LogP) is 4.89. The van der Waals surface area contributed by atoms with Crippen LogP contribution < -0.4 is 0 Å². The molecule has 0 radical (unpaired) electrons. The Kier molecular flexibility index (Phi) is 6.89. The average molecular weight is 534 g/mol. The highest BCUT2D eigenvalue weighted by atomic mass is 32.2. The van der Waals surface area contributed by atoms with E-state index in [-0.39, 0.29) is 18.2 Å². The molecule has 0 bridgehead atoms. The Morgan fingerprint density at radius 3 is 1.66 bits per heavy atom. The lowest BCUT2D eigenvalue weighted by atomic mass is 10.1. The lowest BCUT2D eigenvalue weighted by molar-refractivity contribution is -0.143. The van der Waals surface area contributed by atoms with Gasteiger partial charge < -0.3 is 4.90 Å². The highest BCUT2D eigenvalue weighted by molar-refractivity contribution is 7.89. The minimum Gasteiger partial charge on any atom is -0.336 e. The Hall–Kier alpha value is -2.81. The first-order chi connectivity index (χ1) is 15.9. The first-order valence-electron chi connectivity index (χ1n) is 9.67. The summed E-state index contributed by atoms with van der Waals surface area (Å²) in [4.78, 5) is 12.3. The maximum absolute atomic E-state index is 13.2. The maximum atomic E-state index is 13.2. The summed E-state index contributed by atoms with van der Waals surface area (Å²) in [5.41, 5.74) is -5.51. The predicted molar refractivity (Wildman–Crippen MR) is 103 cm³/mol. The van der Waals surface area contributed by atoms with Crippen LogP contribution in [0, 0.1) is 0 Å². The van der Waals surface area contributed by atoms with Crippen LogP contribution in [0.15, 0.2) is 47.4 Å². The van der Waals surface area contributed by atoms with Gasteiger partial charge in [0.1, 0.15) is 0 Å². The largest absolute Gasteiger partial charge is 0.417 e. The molecule has 0 aromatic heterocycles. The molecule has 0 atom stereocenters. The number of hydrogen-bond donors (Lipinski definition) is 0. The molecule has 3 rings (SSSR count). The summed E-state index contributed by atoms with van der Waals surface area (Å²) >= 11 is 0. The fourth-order valence-electron chi connectivity index (χ4n) is 3.44. The van der Waals surface area contributed by atoms with E-state index in [1.807, 2.05) is 0 Å². The van der Waals surface area contributed by atoms with E-state index in [1.165, 1.54) is 6.07 Å². The summed E-state index contributed by atoms with van der Waals surface area (Å²) in [5, 5.41) is 0. The number of amides is 1. The van der Waals surface area contributed by atoms with E-state index >= 15 is 0 Å². The van der Waals surface area contributed by atoms with Crippen molar-refractivity contribution in [1.82, 2.24) is 9.21 Å². The third-order valence-electron chi connectivity index (χ3n) is 5.19. The van der Waals surface area contributed by atoms with Gasteiger partial charge in [-0.15, -0.1) is 0 Å². The summed E-state index contributed by atoms with van der Waals surface area (Å²) in [6.45, 7) is -1.98. The van der Waals surface area contributed by atoms with E-state index in [4.69, 9.17) is 0 Å². The molecule has 0 aliphatic carbocycles. The molecule has 0 saturated carbocycles. The molecule has 0 N–H and O–H groups in total. The zero-order valence-electron chi connectivity index (χ0n) is 17.3. The van der Waals surface area contributed by atoms with Crippen molar-refractivity contribution < 1.29 is 52.7 Å². The van der Waals surface area contributed by atoms with Gasteiger partial charge in [0, 0.05) is 26.2 Å². The number of piperazine rings is 1. The molecule has 15 heteroatoms. The summed E-state index contributed by atoms with van der Waals surface area (Å²) in [6.07, 6.45) is -15.4. The zero-order chi connectivity index (χ0) is 26.4. The van der Waals surface area contributed by atoms with Crippen LogP contribution in [0.2, 0.25) is 0 Å². The minimum atomic E-state index is -5.26. The Balaban J connectivity index is 1.86. The van der Waals surface area contributed by atoms with Gasteiger partial charge in [-0.3, -0.25) is 4.79 Å². The van der Waals surface area contributed by atoms with Crippen LogP contribution in [-0.4, -0.2) is 49.7 Å². The van der Waals surface area contributed by atoms with Crippen LogP contribution in [0.3, 0.4) is 0 Å². The first-order valence-corrected chi connectivity index (χ1v) is 11.1. The van der Waals surface area contributed by atoms with Crippen LogP contribution in [0.1, 0.15) is 27.0 Å². The van der Waals surface area contributed by atoms with Crippen molar-refractivity contribution >= 4 is 15.9 Å². The fraction of sp³-hybridized carbons (Fsp3) is 0.350. The van der Waals surface area contributed by atoms with Gasteiger partial charge in [-0.05, 0) is 30.3 Å². The third kappa shape index (κ3) is 5.72. The van der Waals surface area contributed by atoms with E-state index in [2.05, 4.69) is 0 Å². The maximum Gasteiger partial charge on any atom is 0.417 e. The molecule has 2 aromatic carbocycles. The van der Waals surface area contributed by atoms with Crippen molar-refractivity contribution in [1.29, 1.82) is 0 Å². The summed E-state index contributed by atoms with van der Waals surface area (Å²) in [5.74, 6) is -1.05. The standard InChI is InChI=1S/C20H15F9N2O3S/c21-18(22,23)12-9-13(19(24,25)26)11-14(10-12)35(33,34)31-7-5-30(6-8-31)17(32)15-3-1-2-4-16(15)20(27,28)29/h1-4,9-11H,5-8H2. The molecule has 1 aliphatic heterocycles. The molecule has 1 fully saturated rings. The molecule has 192 valence electrons. The van der Waals surface area contributed by atoms with Crippen molar-refractivity contribution in [2.75, 3.05) is 26.2 Å². The number of hydrogen-bond acceptors (Lipinski definition) is 3. The number of sulfonamides is 1. The Bertz CT molecular complexity index is 1180. The van der Waals surface area contributed by atoms with Crippen molar-refractivity contribution in [2.45, 2.75) is 23.4 Å². The molecule has 2 aromatic rings. The summed E-state index contributed by atoms with van der Waals surface area (Å²) in [6, 6.07) is 3.84.